The van der Waals surface area contributed by atoms with Crippen LogP contribution in [0.2, 0.25) is 0 Å². The zero-order valence-corrected chi connectivity index (χ0v) is 15.1. The highest BCUT2D eigenvalue weighted by Gasteiger charge is 2.17. The molecular formula is C19H16N2O4S. The molecule has 132 valence electrons. The van der Waals surface area contributed by atoms with E-state index in [0.717, 1.165) is 21.9 Å². The Hall–Kier alpha value is -3.06. The molecule has 0 unspecified atom stereocenters. The van der Waals surface area contributed by atoms with E-state index in [1.54, 1.807) is 31.4 Å². The van der Waals surface area contributed by atoms with E-state index < -0.39 is 0 Å². The quantitative estimate of drug-likeness (QED) is 0.750. The number of fused-ring (bicyclic) bond motifs is 1. The molecule has 6 nitrogen and oxygen atoms in total. The minimum atomic E-state index is -0.210. The second kappa shape index (κ2) is 6.68. The molecule has 3 aromatic rings. The number of nitrogens with zero attached hydrogens (tertiary/aromatic N) is 1. The average Bonchev–Trinajstić information content (AvgIpc) is 3.27. The number of aromatic nitrogens is 1. The van der Waals surface area contributed by atoms with Gasteiger partial charge < -0.3 is 14.2 Å². The van der Waals surface area contributed by atoms with Crippen LogP contribution in [0.15, 0.2) is 42.5 Å². The maximum Gasteiger partial charge on any atom is 0.257 e. The highest BCUT2D eigenvalue weighted by atomic mass is 32.1. The van der Waals surface area contributed by atoms with Crippen molar-refractivity contribution in [3.05, 3.63) is 52.9 Å². The highest BCUT2D eigenvalue weighted by Crippen LogP contribution is 2.38. The molecule has 0 spiro atoms. The van der Waals surface area contributed by atoms with Crippen LogP contribution in [0.4, 0.5) is 5.13 Å². The third-order valence-corrected chi connectivity index (χ3v) is 4.90. The zero-order valence-electron chi connectivity index (χ0n) is 14.2. The van der Waals surface area contributed by atoms with E-state index in [9.17, 15) is 4.79 Å². The van der Waals surface area contributed by atoms with E-state index >= 15 is 0 Å². The number of amides is 1. The number of carbonyl (C=O) groups excluding carboxylic acids is 1. The van der Waals surface area contributed by atoms with Crippen LogP contribution < -0.4 is 19.5 Å². The summed E-state index contributed by atoms with van der Waals surface area (Å²) in [6, 6.07) is 12.6. The van der Waals surface area contributed by atoms with Crippen LogP contribution in [-0.4, -0.2) is 24.8 Å². The molecule has 2 heterocycles. The molecule has 4 rings (SSSR count). The predicted octanol–water partition coefficient (Wildman–Crippen LogP) is 4.11. The first kappa shape index (κ1) is 16.4. The molecule has 26 heavy (non-hydrogen) atoms. The van der Waals surface area contributed by atoms with Gasteiger partial charge in [-0.1, -0.05) is 0 Å². The summed E-state index contributed by atoms with van der Waals surface area (Å²) in [4.78, 5) is 18.0. The van der Waals surface area contributed by atoms with Gasteiger partial charge in [-0.3, -0.25) is 10.1 Å². The zero-order chi connectivity index (χ0) is 18.1. The smallest absolute Gasteiger partial charge is 0.257 e. The molecule has 0 radical (unpaired) electrons. The van der Waals surface area contributed by atoms with Gasteiger partial charge in [0.1, 0.15) is 5.75 Å². The fraction of sp³-hybridized carbons (Fsp3) is 0.158. The van der Waals surface area contributed by atoms with E-state index in [2.05, 4.69) is 10.3 Å². The molecule has 1 aliphatic heterocycles. The maximum atomic E-state index is 12.4. The van der Waals surface area contributed by atoms with Crippen molar-refractivity contribution in [1.82, 2.24) is 4.98 Å². The first-order valence-electron chi connectivity index (χ1n) is 7.97. The van der Waals surface area contributed by atoms with Crippen molar-refractivity contribution in [1.29, 1.82) is 0 Å². The van der Waals surface area contributed by atoms with Crippen molar-refractivity contribution in [3.63, 3.8) is 0 Å². The molecule has 7 heteroatoms. The van der Waals surface area contributed by atoms with Crippen LogP contribution in [0.3, 0.4) is 0 Å². The van der Waals surface area contributed by atoms with Gasteiger partial charge in [-0.05, 0) is 49.4 Å². The molecule has 1 aliphatic rings. The molecule has 1 aromatic heterocycles. The summed E-state index contributed by atoms with van der Waals surface area (Å²) < 4.78 is 15.9. The van der Waals surface area contributed by atoms with Crippen LogP contribution in [0.5, 0.6) is 17.2 Å². The number of anilines is 1. The molecule has 0 bridgehead atoms. The minimum absolute atomic E-state index is 0.210. The standard InChI is InChI=1S/C19H16N2O4S/c1-11-17(13-5-8-15-16(9-13)25-10-24-15)20-19(26-11)21-18(22)12-3-6-14(23-2)7-4-12/h3-9H,10H2,1-2H3,(H,20,21,22). The Morgan fingerprint density at radius 3 is 2.69 bits per heavy atom. The third kappa shape index (κ3) is 3.09. The molecule has 0 atom stereocenters. The number of carbonyl (C=O) groups is 1. The predicted molar refractivity (Wildman–Crippen MR) is 99.4 cm³/mol. The van der Waals surface area contributed by atoms with Gasteiger partial charge in [0.2, 0.25) is 6.79 Å². The largest absolute Gasteiger partial charge is 0.497 e. The number of rotatable bonds is 4. The lowest BCUT2D eigenvalue weighted by Crippen LogP contribution is -2.11. The topological polar surface area (TPSA) is 69.7 Å². The van der Waals surface area contributed by atoms with Crippen molar-refractivity contribution in [2.24, 2.45) is 0 Å². The van der Waals surface area contributed by atoms with Crippen LogP contribution in [0.25, 0.3) is 11.3 Å². The lowest BCUT2D eigenvalue weighted by molar-refractivity contribution is 0.102. The molecule has 1 amide bonds. The number of benzene rings is 2. The summed E-state index contributed by atoms with van der Waals surface area (Å²) in [6.07, 6.45) is 0. The summed E-state index contributed by atoms with van der Waals surface area (Å²) in [6.45, 7) is 2.21. The normalized spacial score (nSPS) is 12.1. The van der Waals surface area contributed by atoms with E-state index in [1.807, 2.05) is 25.1 Å². The Balaban J connectivity index is 1.55. The van der Waals surface area contributed by atoms with E-state index in [0.29, 0.717) is 22.2 Å². The molecule has 0 saturated heterocycles. The Bertz CT molecular complexity index is 966. The first-order valence-corrected chi connectivity index (χ1v) is 8.78. The Labute approximate surface area is 154 Å². The van der Waals surface area contributed by atoms with Gasteiger partial charge in [0, 0.05) is 16.0 Å². The van der Waals surface area contributed by atoms with Gasteiger partial charge in [-0.2, -0.15) is 0 Å². The molecule has 0 saturated carbocycles. The van der Waals surface area contributed by atoms with Crippen LogP contribution in [0.1, 0.15) is 15.2 Å². The summed E-state index contributed by atoms with van der Waals surface area (Å²) in [5.74, 6) is 1.93. The fourth-order valence-electron chi connectivity index (χ4n) is 2.67. The minimum Gasteiger partial charge on any atom is -0.497 e. The van der Waals surface area contributed by atoms with Crippen LogP contribution >= 0.6 is 11.3 Å². The number of nitrogens with one attached hydrogen (secondary N) is 1. The lowest BCUT2D eigenvalue weighted by atomic mass is 10.1. The molecule has 0 aliphatic carbocycles. The SMILES string of the molecule is COc1ccc(C(=O)Nc2nc(-c3ccc4c(c3)OCO4)c(C)s2)cc1. The maximum absolute atomic E-state index is 12.4. The number of hydrogen-bond donors (Lipinski definition) is 1. The van der Waals surface area contributed by atoms with E-state index in [1.165, 1.54) is 11.3 Å². The van der Waals surface area contributed by atoms with Gasteiger partial charge in [0.25, 0.3) is 5.91 Å². The van der Waals surface area contributed by atoms with Crippen LogP contribution in [-0.2, 0) is 0 Å². The summed E-state index contributed by atoms with van der Waals surface area (Å²) in [5, 5.41) is 3.40. The van der Waals surface area contributed by atoms with Crippen molar-refractivity contribution in [2.45, 2.75) is 6.92 Å². The molecule has 0 fully saturated rings. The van der Waals surface area contributed by atoms with Gasteiger partial charge in [0.15, 0.2) is 16.6 Å². The van der Waals surface area contributed by atoms with Crippen LogP contribution in [0, 0.1) is 6.92 Å². The average molecular weight is 368 g/mol. The fourth-order valence-corrected chi connectivity index (χ4v) is 3.50. The molecule has 1 N–H and O–H groups in total. The number of hydrogen-bond acceptors (Lipinski definition) is 6. The third-order valence-electron chi connectivity index (χ3n) is 4.02. The lowest BCUT2D eigenvalue weighted by Gasteiger charge is -2.03. The summed E-state index contributed by atoms with van der Waals surface area (Å²) >= 11 is 1.43. The van der Waals surface area contributed by atoms with Gasteiger partial charge in [-0.25, -0.2) is 4.98 Å². The number of aryl methyl sites for hydroxylation is 1. The number of methoxy groups -OCH3 is 1. The van der Waals surface area contributed by atoms with E-state index in [4.69, 9.17) is 14.2 Å². The monoisotopic (exact) mass is 368 g/mol. The number of ether oxygens (including phenoxy) is 3. The van der Waals surface area contributed by atoms with Gasteiger partial charge in [0.05, 0.1) is 12.8 Å². The second-order valence-corrected chi connectivity index (χ2v) is 6.88. The van der Waals surface area contributed by atoms with Gasteiger partial charge in [-0.15, -0.1) is 11.3 Å². The first-order chi connectivity index (χ1) is 12.6. The van der Waals surface area contributed by atoms with Crippen molar-refractivity contribution in [3.8, 4) is 28.5 Å². The summed E-state index contributed by atoms with van der Waals surface area (Å²) in [5.41, 5.74) is 2.29. The Kier molecular flexibility index (Phi) is 4.22. The van der Waals surface area contributed by atoms with Crippen molar-refractivity contribution >= 4 is 22.4 Å². The Morgan fingerprint density at radius 2 is 1.92 bits per heavy atom. The Morgan fingerprint density at radius 1 is 1.15 bits per heavy atom. The van der Waals surface area contributed by atoms with Crippen molar-refractivity contribution < 1.29 is 19.0 Å². The number of thiazole rings is 1. The summed E-state index contributed by atoms with van der Waals surface area (Å²) in [7, 11) is 1.59. The van der Waals surface area contributed by atoms with Gasteiger partial charge >= 0.3 is 0 Å². The second-order valence-electron chi connectivity index (χ2n) is 5.67. The molecule has 2 aromatic carbocycles. The van der Waals surface area contributed by atoms with Crippen molar-refractivity contribution in [2.75, 3.05) is 19.2 Å². The molecular weight excluding hydrogens is 352 g/mol. The van der Waals surface area contributed by atoms with E-state index in [-0.39, 0.29) is 12.7 Å². The highest BCUT2D eigenvalue weighted by molar-refractivity contribution is 7.16.